The molecule has 0 unspecified atom stereocenters. The standard InChI is InChI=1S/C17H18N2O3S/c1-2-8-22-17(20)19-16-10-18-7-9-23-13-15-6-4-3-5-14(15)11-21-12-16/h3-7,9-13H,2,8H2,1H3,(H,19,20). The van der Waals surface area contributed by atoms with Crippen LogP contribution in [-0.2, 0) is 4.74 Å². The number of amides is 1. The molecule has 0 atom stereocenters. The fraction of sp³-hybridized carbons (Fsp3) is 0.176. The molecule has 120 valence electrons. The monoisotopic (exact) mass is 330 g/mol. The normalized spacial score (nSPS) is 9.61. The van der Waals surface area contributed by atoms with Crippen LogP contribution in [0.2, 0.25) is 0 Å². The fourth-order valence-electron chi connectivity index (χ4n) is 1.65. The number of nitrogens with zero attached hydrogens (tertiary/aromatic N) is 1. The Hall–Kier alpha value is -2.60. The van der Waals surface area contributed by atoms with Crippen molar-refractivity contribution in [3.63, 3.8) is 0 Å². The molecule has 0 radical (unpaired) electrons. The molecule has 1 aromatic heterocycles. The summed E-state index contributed by atoms with van der Waals surface area (Å²) in [5.74, 6) is 0. The molecule has 1 amide bonds. The van der Waals surface area contributed by atoms with Crippen molar-refractivity contribution >= 4 is 33.9 Å². The molecule has 6 heteroatoms. The molecule has 23 heavy (non-hydrogen) atoms. The summed E-state index contributed by atoms with van der Waals surface area (Å²) in [6.45, 7) is 2.29. The molecule has 5 nitrogen and oxygen atoms in total. The zero-order valence-corrected chi connectivity index (χ0v) is 13.6. The van der Waals surface area contributed by atoms with E-state index >= 15 is 0 Å². The van der Waals surface area contributed by atoms with Gasteiger partial charge in [0.1, 0.15) is 6.26 Å². The maximum Gasteiger partial charge on any atom is 0.411 e. The van der Waals surface area contributed by atoms with Crippen molar-refractivity contribution in [2.75, 3.05) is 11.9 Å². The van der Waals surface area contributed by atoms with Crippen LogP contribution in [0, 0.1) is 0 Å². The predicted octanol–water partition coefficient (Wildman–Crippen LogP) is 5.10. The summed E-state index contributed by atoms with van der Waals surface area (Å²) < 4.78 is 10.4. The molecule has 1 N–H and O–H groups in total. The molecule has 0 aliphatic heterocycles. The SMILES string of the molecule is CCCOC(=O)Nc1cnccscc2ccccc2coc1. The molecule has 1 heterocycles. The van der Waals surface area contributed by atoms with Gasteiger partial charge in [-0.25, -0.2) is 4.79 Å². The number of aromatic nitrogens is 1. The highest BCUT2D eigenvalue weighted by Crippen LogP contribution is 2.11. The van der Waals surface area contributed by atoms with Crippen LogP contribution in [0.3, 0.4) is 0 Å². The van der Waals surface area contributed by atoms with E-state index in [2.05, 4.69) is 10.3 Å². The number of carbonyl (C=O) groups is 1. The molecule has 0 fully saturated rings. The number of rotatable bonds is 3. The Balaban J connectivity index is 2.37. The number of carbonyl (C=O) groups excluding carboxylic acids is 1. The molecule has 0 bridgehead atoms. The third kappa shape index (κ3) is 5.96. The highest BCUT2D eigenvalue weighted by Gasteiger charge is 2.01. The van der Waals surface area contributed by atoms with Gasteiger partial charge in [-0.2, -0.15) is 11.3 Å². The van der Waals surface area contributed by atoms with Gasteiger partial charge in [0.05, 0.1) is 24.8 Å². The van der Waals surface area contributed by atoms with E-state index in [9.17, 15) is 4.79 Å². The summed E-state index contributed by atoms with van der Waals surface area (Å²) in [6, 6.07) is 7.85. The lowest BCUT2D eigenvalue weighted by Crippen LogP contribution is -2.13. The number of fused-ring (bicyclic) bond motifs is 1. The van der Waals surface area contributed by atoms with Gasteiger partial charge in [0.25, 0.3) is 0 Å². The number of nitrogens with one attached hydrogen (secondary N) is 1. The molecule has 2 aromatic rings. The zero-order chi connectivity index (χ0) is 16.3. The van der Waals surface area contributed by atoms with Crippen molar-refractivity contribution in [2.45, 2.75) is 13.3 Å². The van der Waals surface area contributed by atoms with Gasteiger partial charge in [0.2, 0.25) is 0 Å². The summed E-state index contributed by atoms with van der Waals surface area (Å²) in [5, 5.41) is 8.42. The largest absolute Gasteiger partial charge is 0.470 e. The first kappa shape index (κ1) is 16.8. The smallest absolute Gasteiger partial charge is 0.411 e. The Morgan fingerprint density at radius 3 is 2.96 bits per heavy atom. The van der Waals surface area contributed by atoms with E-state index in [1.165, 1.54) is 23.8 Å². The maximum absolute atomic E-state index is 11.6. The number of hydrogen-bond acceptors (Lipinski definition) is 5. The van der Waals surface area contributed by atoms with Gasteiger partial charge < -0.3 is 9.15 Å². The maximum atomic E-state index is 11.6. The van der Waals surface area contributed by atoms with Crippen LogP contribution in [-0.4, -0.2) is 17.7 Å². The van der Waals surface area contributed by atoms with Crippen molar-refractivity contribution < 1.29 is 13.9 Å². The minimum atomic E-state index is -0.535. The zero-order valence-electron chi connectivity index (χ0n) is 12.8. The van der Waals surface area contributed by atoms with Crippen LogP contribution in [0.4, 0.5) is 10.5 Å². The summed E-state index contributed by atoms with van der Waals surface area (Å²) in [6.07, 6.45) is 6.39. The van der Waals surface area contributed by atoms with Crippen molar-refractivity contribution in [3.8, 4) is 0 Å². The molecule has 2 rings (SSSR count). The second-order valence-electron chi connectivity index (χ2n) is 4.53. The van der Waals surface area contributed by atoms with E-state index in [0.29, 0.717) is 12.3 Å². The first-order valence-corrected chi connectivity index (χ1v) is 8.12. The Bertz CT molecular complexity index is 752. The van der Waals surface area contributed by atoms with Gasteiger partial charge in [-0.1, -0.05) is 31.2 Å². The average molecular weight is 330 g/mol. The Kier molecular flexibility index (Phi) is 6.87. The van der Waals surface area contributed by atoms with Crippen molar-refractivity contribution in [3.05, 3.63) is 59.9 Å². The van der Waals surface area contributed by atoms with E-state index < -0.39 is 6.09 Å². The molecule has 0 aliphatic rings. The molecular formula is C17H18N2O3S. The van der Waals surface area contributed by atoms with E-state index in [1.807, 2.05) is 41.9 Å². The van der Waals surface area contributed by atoms with Crippen molar-refractivity contribution in [2.24, 2.45) is 0 Å². The summed E-state index contributed by atoms with van der Waals surface area (Å²) >= 11 is 1.51. The highest BCUT2D eigenvalue weighted by atomic mass is 32.1. The average Bonchev–Trinajstić information content (AvgIpc) is 2.55. The Labute approximate surface area is 138 Å². The molecule has 0 saturated carbocycles. The number of ether oxygens (including phenoxy) is 1. The molecule has 0 saturated heterocycles. The minimum Gasteiger partial charge on any atom is -0.470 e. The summed E-state index contributed by atoms with van der Waals surface area (Å²) in [7, 11) is 0. The van der Waals surface area contributed by atoms with Crippen LogP contribution in [0.5, 0.6) is 0 Å². The van der Waals surface area contributed by atoms with Crippen LogP contribution in [0.15, 0.2) is 64.4 Å². The summed E-state index contributed by atoms with van der Waals surface area (Å²) in [5.41, 5.74) is 0.402. The first-order valence-electron chi connectivity index (χ1n) is 7.18. The van der Waals surface area contributed by atoms with E-state index in [-0.39, 0.29) is 0 Å². The van der Waals surface area contributed by atoms with Crippen molar-refractivity contribution in [1.29, 1.82) is 0 Å². The van der Waals surface area contributed by atoms with Gasteiger partial charge in [-0.3, -0.25) is 10.3 Å². The van der Waals surface area contributed by atoms with Crippen LogP contribution >= 0.6 is 11.3 Å². The van der Waals surface area contributed by atoms with Gasteiger partial charge in [-0.15, -0.1) is 0 Å². The molecule has 1 aromatic carbocycles. The van der Waals surface area contributed by atoms with E-state index in [0.717, 1.165) is 17.2 Å². The minimum absolute atomic E-state index is 0.364. The van der Waals surface area contributed by atoms with E-state index in [4.69, 9.17) is 9.15 Å². The molecular weight excluding hydrogens is 312 g/mol. The topological polar surface area (TPSA) is 64.4 Å². The Morgan fingerprint density at radius 1 is 1.30 bits per heavy atom. The lowest BCUT2D eigenvalue weighted by atomic mass is 10.2. The molecule has 0 aliphatic carbocycles. The summed E-state index contributed by atoms with van der Waals surface area (Å²) in [4.78, 5) is 15.7. The third-order valence-corrected chi connectivity index (χ3v) is 3.37. The second kappa shape index (κ2) is 9.42. The lowest BCUT2D eigenvalue weighted by Gasteiger charge is -2.03. The first-order chi connectivity index (χ1) is 11.3. The van der Waals surface area contributed by atoms with Crippen molar-refractivity contribution in [1.82, 2.24) is 4.98 Å². The third-order valence-electron chi connectivity index (χ3n) is 2.70. The quantitative estimate of drug-likeness (QED) is 0.850. The van der Waals surface area contributed by atoms with E-state index in [1.54, 1.807) is 12.5 Å². The predicted molar refractivity (Wildman–Crippen MR) is 92.4 cm³/mol. The number of benzene rings is 1. The number of hydrogen-bond donors (Lipinski definition) is 1. The van der Waals surface area contributed by atoms with Crippen LogP contribution in [0.25, 0.3) is 10.8 Å². The van der Waals surface area contributed by atoms with Crippen LogP contribution in [0.1, 0.15) is 13.3 Å². The van der Waals surface area contributed by atoms with Gasteiger partial charge in [0.15, 0.2) is 0 Å². The highest BCUT2D eigenvalue weighted by molar-refractivity contribution is 7.07. The second-order valence-corrected chi connectivity index (χ2v) is 5.31. The van der Waals surface area contributed by atoms with Gasteiger partial charge in [-0.05, 0) is 17.2 Å². The van der Waals surface area contributed by atoms with Gasteiger partial charge >= 0.3 is 6.09 Å². The lowest BCUT2D eigenvalue weighted by molar-refractivity contribution is 0.161. The van der Waals surface area contributed by atoms with Gasteiger partial charge in [0, 0.05) is 17.0 Å². The molecule has 0 spiro atoms. The fourth-order valence-corrected chi connectivity index (χ4v) is 2.23. The van der Waals surface area contributed by atoms with Crippen LogP contribution < -0.4 is 5.32 Å². The Morgan fingerprint density at radius 2 is 2.13 bits per heavy atom. The number of anilines is 1.